The number of ether oxygens (including phenoxy) is 3. The van der Waals surface area contributed by atoms with Gasteiger partial charge in [0, 0.05) is 29.5 Å². The summed E-state index contributed by atoms with van der Waals surface area (Å²) in [6.07, 6.45) is 1.74. The lowest BCUT2D eigenvalue weighted by molar-refractivity contribution is -0.104. The number of nitrogens with one attached hydrogen (secondary N) is 1. The lowest BCUT2D eigenvalue weighted by Crippen LogP contribution is -2.53. The molecule has 2 aliphatic rings. The van der Waals surface area contributed by atoms with Gasteiger partial charge < -0.3 is 29.8 Å². The Hall–Kier alpha value is -3.93. The number of amides is 1. The second-order valence-corrected chi connectivity index (χ2v) is 10.6. The van der Waals surface area contributed by atoms with Crippen LogP contribution in [0.1, 0.15) is 47.6 Å². The largest absolute Gasteiger partial charge is 0.383 e. The van der Waals surface area contributed by atoms with E-state index in [1.807, 2.05) is 13.8 Å². The molecule has 0 saturated carbocycles. The molecule has 3 N–H and O–H groups in total. The van der Waals surface area contributed by atoms with Crippen LogP contribution in [-0.2, 0) is 34.0 Å². The first kappa shape index (κ1) is 27.3. The molecular formula is C30H31F2N5O4. The lowest BCUT2D eigenvalue weighted by atomic mass is 10.0. The summed E-state index contributed by atoms with van der Waals surface area (Å²) in [4.78, 5) is 28.1. The van der Waals surface area contributed by atoms with Crippen molar-refractivity contribution < 1.29 is 27.8 Å². The molecule has 6 rings (SSSR count). The summed E-state index contributed by atoms with van der Waals surface area (Å²) in [6, 6.07) is 8.29. The van der Waals surface area contributed by atoms with Crippen molar-refractivity contribution in [1.82, 2.24) is 19.9 Å². The summed E-state index contributed by atoms with van der Waals surface area (Å²) < 4.78 is 46.3. The van der Waals surface area contributed by atoms with Crippen molar-refractivity contribution in [2.24, 2.45) is 0 Å². The molecule has 1 fully saturated rings. The molecule has 0 spiro atoms. The van der Waals surface area contributed by atoms with E-state index < -0.39 is 17.7 Å². The maximum Gasteiger partial charge on any atom is 0.271 e. The number of nitrogen functional groups attached to an aromatic ring is 1. The van der Waals surface area contributed by atoms with Crippen LogP contribution in [0.2, 0.25) is 0 Å². The molecule has 2 atom stereocenters. The summed E-state index contributed by atoms with van der Waals surface area (Å²) >= 11 is 0. The summed E-state index contributed by atoms with van der Waals surface area (Å²) in [5, 5.41) is 0. The highest BCUT2D eigenvalue weighted by Crippen LogP contribution is 2.32. The Balaban J connectivity index is 1.35. The van der Waals surface area contributed by atoms with E-state index in [2.05, 4.69) is 15.0 Å². The van der Waals surface area contributed by atoms with E-state index >= 15 is 0 Å². The van der Waals surface area contributed by atoms with E-state index in [4.69, 9.17) is 19.9 Å². The number of halogens is 2. The molecular weight excluding hydrogens is 532 g/mol. The Morgan fingerprint density at radius 3 is 2.68 bits per heavy atom. The van der Waals surface area contributed by atoms with Gasteiger partial charge in [-0.25, -0.2) is 13.8 Å². The van der Waals surface area contributed by atoms with Crippen LogP contribution in [0.15, 0.2) is 42.6 Å². The van der Waals surface area contributed by atoms with E-state index in [1.54, 1.807) is 23.1 Å². The number of aromatic nitrogens is 3. The summed E-state index contributed by atoms with van der Waals surface area (Å²) in [5.74, 6) is -1.24. The first-order valence-electron chi connectivity index (χ1n) is 13.6. The van der Waals surface area contributed by atoms with Gasteiger partial charge in [0.2, 0.25) is 0 Å². The SMILES string of the molecule is CC(C)O[C@@H]1CCOC[C@H]1N(Cc1ccc(-c2c(F)cccc2F)cn1)C(=O)c1cc2nc(N)c3c(c2[nH]1)COC3. The number of hydrogen-bond donors (Lipinski definition) is 2. The molecule has 0 radical (unpaired) electrons. The Morgan fingerprint density at radius 2 is 1.95 bits per heavy atom. The third-order valence-electron chi connectivity index (χ3n) is 7.52. The molecule has 1 amide bonds. The molecule has 0 unspecified atom stereocenters. The van der Waals surface area contributed by atoms with Crippen LogP contribution in [0.25, 0.3) is 22.2 Å². The zero-order valence-electron chi connectivity index (χ0n) is 22.8. The molecule has 9 nitrogen and oxygen atoms in total. The average Bonchev–Trinajstić information content (AvgIpc) is 3.60. The second-order valence-electron chi connectivity index (χ2n) is 10.6. The number of carbonyl (C=O) groups is 1. The van der Waals surface area contributed by atoms with Crippen molar-refractivity contribution in [1.29, 1.82) is 0 Å². The summed E-state index contributed by atoms with van der Waals surface area (Å²) in [6.45, 7) is 5.61. The molecule has 11 heteroatoms. The van der Waals surface area contributed by atoms with Gasteiger partial charge in [-0.05, 0) is 44.5 Å². The Bertz CT molecular complexity index is 1570. The minimum absolute atomic E-state index is 0.0477. The topological polar surface area (TPSA) is 116 Å². The molecule has 1 aromatic carbocycles. The van der Waals surface area contributed by atoms with E-state index in [0.717, 1.165) is 16.6 Å². The monoisotopic (exact) mass is 563 g/mol. The average molecular weight is 564 g/mol. The third-order valence-corrected chi connectivity index (χ3v) is 7.52. The van der Waals surface area contributed by atoms with Gasteiger partial charge in [0.1, 0.15) is 23.1 Å². The maximum atomic E-state index is 14.4. The molecule has 214 valence electrons. The van der Waals surface area contributed by atoms with E-state index in [0.29, 0.717) is 54.5 Å². The number of carbonyl (C=O) groups excluding carboxylic acids is 1. The highest BCUT2D eigenvalue weighted by atomic mass is 19.1. The molecule has 0 bridgehead atoms. The summed E-state index contributed by atoms with van der Waals surface area (Å²) in [5.41, 5.74) is 10.2. The maximum absolute atomic E-state index is 14.4. The van der Waals surface area contributed by atoms with Crippen molar-refractivity contribution >= 4 is 22.8 Å². The number of benzene rings is 1. The van der Waals surface area contributed by atoms with Crippen molar-refractivity contribution in [2.45, 2.75) is 58.3 Å². The number of anilines is 1. The van der Waals surface area contributed by atoms with E-state index in [9.17, 15) is 13.6 Å². The zero-order valence-corrected chi connectivity index (χ0v) is 22.8. The lowest BCUT2D eigenvalue weighted by Gasteiger charge is -2.40. The number of fused-ring (bicyclic) bond motifs is 3. The number of rotatable bonds is 7. The third kappa shape index (κ3) is 5.28. The Kier molecular flexibility index (Phi) is 7.41. The van der Waals surface area contributed by atoms with Crippen molar-refractivity contribution in [3.8, 4) is 11.1 Å². The number of pyridine rings is 2. The van der Waals surface area contributed by atoms with Gasteiger partial charge in [-0.15, -0.1) is 0 Å². The van der Waals surface area contributed by atoms with Crippen molar-refractivity contribution in [2.75, 3.05) is 18.9 Å². The molecule has 41 heavy (non-hydrogen) atoms. The zero-order chi connectivity index (χ0) is 28.7. The van der Waals surface area contributed by atoms with Gasteiger partial charge in [-0.2, -0.15) is 0 Å². The fourth-order valence-electron chi connectivity index (χ4n) is 5.57. The van der Waals surface area contributed by atoms with Gasteiger partial charge in [-0.3, -0.25) is 9.78 Å². The normalized spacial score (nSPS) is 18.7. The minimum Gasteiger partial charge on any atom is -0.383 e. The summed E-state index contributed by atoms with van der Waals surface area (Å²) in [7, 11) is 0. The molecule has 3 aromatic heterocycles. The van der Waals surface area contributed by atoms with Gasteiger partial charge in [-0.1, -0.05) is 12.1 Å². The van der Waals surface area contributed by atoms with Gasteiger partial charge in [0.05, 0.1) is 66.9 Å². The van der Waals surface area contributed by atoms with Crippen molar-refractivity contribution in [3.63, 3.8) is 0 Å². The highest BCUT2D eigenvalue weighted by molar-refractivity contribution is 5.98. The predicted molar refractivity (Wildman–Crippen MR) is 148 cm³/mol. The molecule has 4 aromatic rings. The van der Waals surface area contributed by atoms with Gasteiger partial charge >= 0.3 is 0 Å². The smallest absolute Gasteiger partial charge is 0.271 e. The molecule has 2 aliphatic heterocycles. The quantitative estimate of drug-likeness (QED) is 0.334. The number of aromatic amines is 1. The van der Waals surface area contributed by atoms with Crippen LogP contribution in [0.5, 0.6) is 0 Å². The van der Waals surface area contributed by atoms with Crippen molar-refractivity contribution in [3.05, 3.63) is 76.7 Å². The number of H-pyrrole nitrogens is 1. The fourth-order valence-corrected chi connectivity index (χ4v) is 5.57. The fraction of sp³-hybridized carbons (Fsp3) is 0.367. The number of hydrogen-bond acceptors (Lipinski definition) is 7. The van der Waals surface area contributed by atoms with Crippen LogP contribution < -0.4 is 5.73 Å². The first-order chi connectivity index (χ1) is 19.8. The van der Waals surface area contributed by atoms with Crippen LogP contribution in [0, 0.1) is 11.6 Å². The van der Waals surface area contributed by atoms with Crippen LogP contribution >= 0.6 is 0 Å². The Labute approximate surface area is 235 Å². The van der Waals surface area contributed by atoms with Gasteiger partial charge in [0.15, 0.2) is 0 Å². The first-order valence-corrected chi connectivity index (χ1v) is 13.6. The van der Waals surface area contributed by atoms with Crippen LogP contribution in [0.4, 0.5) is 14.6 Å². The number of nitrogens with two attached hydrogens (primary N) is 1. The second kappa shape index (κ2) is 11.2. The molecule has 5 heterocycles. The van der Waals surface area contributed by atoms with Crippen LogP contribution in [-0.4, -0.2) is 57.2 Å². The molecule has 1 saturated heterocycles. The highest BCUT2D eigenvalue weighted by Gasteiger charge is 2.36. The minimum atomic E-state index is -0.672. The molecule has 0 aliphatic carbocycles. The predicted octanol–water partition coefficient (Wildman–Crippen LogP) is 4.74. The number of nitrogens with zero attached hydrogens (tertiary/aromatic N) is 3. The van der Waals surface area contributed by atoms with E-state index in [-0.39, 0.29) is 36.8 Å². The standard InChI is InChI=1S/C30H31F2N5O4/c1-16(2)41-26-8-9-39-15-25(26)37(12-18-7-6-17(11-34-18)27-21(31)4-3-5-22(27)32)30(38)24-10-23-28(35-24)19-13-40-14-20(19)29(33)36-23/h3-7,10-11,16,25-26,35H,8-9,12-15H2,1-2H3,(H2,33,36)/t25-,26-/m1/s1. The van der Waals surface area contributed by atoms with E-state index in [1.165, 1.54) is 24.4 Å². The van der Waals surface area contributed by atoms with Crippen LogP contribution in [0.3, 0.4) is 0 Å². The van der Waals surface area contributed by atoms with Gasteiger partial charge in [0.25, 0.3) is 5.91 Å². The Morgan fingerprint density at radius 1 is 1.17 bits per heavy atom.